The zero-order chi connectivity index (χ0) is 21.0. The van der Waals surface area contributed by atoms with Crippen LogP contribution >= 0.6 is 0 Å². The Balaban J connectivity index is 1.67. The molecule has 7 nitrogen and oxygen atoms in total. The molecule has 2 aromatic heterocycles. The molecule has 0 spiro atoms. The van der Waals surface area contributed by atoms with Crippen LogP contribution in [0.25, 0.3) is 11.4 Å². The van der Waals surface area contributed by atoms with Gasteiger partial charge in [-0.05, 0) is 51.0 Å². The first-order chi connectivity index (χ1) is 13.9. The molecule has 3 rings (SSSR count). The Kier molecular flexibility index (Phi) is 6.07. The Morgan fingerprint density at radius 2 is 1.86 bits per heavy atom. The number of anilines is 1. The van der Waals surface area contributed by atoms with Crippen LogP contribution in [0, 0.1) is 20.8 Å². The fraction of sp³-hybridized carbons (Fsp3) is 0.273. The van der Waals surface area contributed by atoms with Gasteiger partial charge in [0.15, 0.2) is 6.10 Å². The smallest absolute Gasteiger partial charge is 0.338 e. The van der Waals surface area contributed by atoms with Gasteiger partial charge in [-0.1, -0.05) is 25.1 Å². The molecule has 0 aliphatic rings. The van der Waals surface area contributed by atoms with E-state index in [1.165, 1.54) is 0 Å². The summed E-state index contributed by atoms with van der Waals surface area (Å²) in [5, 5.41) is 2.72. The van der Waals surface area contributed by atoms with Gasteiger partial charge in [0.05, 0.1) is 11.3 Å². The number of nitrogens with one attached hydrogen (secondary N) is 2. The van der Waals surface area contributed by atoms with Gasteiger partial charge >= 0.3 is 5.97 Å². The highest BCUT2D eigenvalue weighted by atomic mass is 16.5. The topological polar surface area (TPSA) is 97.0 Å². The molecular formula is C22H24N4O3. The number of pyridine rings is 1. The van der Waals surface area contributed by atoms with E-state index < -0.39 is 18.0 Å². The highest BCUT2D eigenvalue weighted by Crippen LogP contribution is 2.19. The second-order valence-corrected chi connectivity index (χ2v) is 6.83. The molecular weight excluding hydrogens is 368 g/mol. The summed E-state index contributed by atoms with van der Waals surface area (Å²) in [6.45, 7) is 7.52. The Bertz CT molecular complexity index is 1010. The zero-order valence-corrected chi connectivity index (χ0v) is 16.9. The summed E-state index contributed by atoms with van der Waals surface area (Å²) in [5.41, 5.74) is 4.01. The average molecular weight is 392 g/mol. The van der Waals surface area contributed by atoms with Crippen molar-refractivity contribution in [3.63, 3.8) is 0 Å². The van der Waals surface area contributed by atoms with Gasteiger partial charge in [0.1, 0.15) is 11.6 Å². The van der Waals surface area contributed by atoms with Crippen LogP contribution in [0.3, 0.4) is 0 Å². The lowest BCUT2D eigenvalue weighted by atomic mass is 10.1. The van der Waals surface area contributed by atoms with Gasteiger partial charge in [0.25, 0.3) is 5.91 Å². The Morgan fingerprint density at radius 3 is 2.45 bits per heavy atom. The highest BCUT2D eigenvalue weighted by Gasteiger charge is 2.23. The first kappa shape index (κ1) is 20.3. The number of aromatic amines is 1. The van der Waals surface area contributed by atoms with E-state index in [1.54, 1.807) is 43.5 Å². The number of aryl methyl sites for hydroxylation is 3. The second kappa shape index (κ2) is 8.68. The Labute approximate surface area is 169 Å². The van der Waals surface area contributed by atoms with Gasteiger partial charge in [0, 0.05) is 17.5 Å². The van der Waals surface area contributed by atoms with Gasteiger partial charge in [0.2, 0.25) is 0 Å². The number of carbonyl (C=O) groups excluding carboxylic acids is 2. The van der Waals surface area contributed by atoms with Gasteiger partial charge in [-0.3, -0.25) is 4.79 Å². The molecule has 2 N–H and O–H groups in total. The maximum absolute atomic E-state index is 12.5. The van der Waals surface area contributed by atoms with Crippen molar-refractivity contribution in [1.82, 2.24) is 15.0 Å². The van der Waals surface area contributed by atoms with Crippen LogP contribution < -0.4 is 5.32 Å². The van der Waals surface area contributed by atoms with Crippen molar-refractivity contribution >= 4 is 17.7 Å². The molecule has 0 radical (unpaired) electrons. The predicted octanol–water partition coefficient (Wildman–Crippen LogP) is 3.97. The number of hydrogen-bond acceptors (Lipinski definition) is 5. The summed E-state index contributed by atoms with van der Waals surface area (Å²) in [5.74, 6) is 0.251. The number of esters is 1. The molecule has 1 atom stereocenters. The van der Waals surface area contributed by atoms with E-state index in [0.29, 0.717) is 17.8 Å². The SMILES string of the molecule is CCC(OC(=O)c1ccc(-c2nc(C)c(C)[nH]2)cc1)C(=O)Nc1ncccc1C. The molecule has 0 aliphatic carbocycles. The minimum atomic E-state index is -0.904. The van der Waals surface area contributed by atoms with Crippen molar-refractivity contribution in [3.8, 4) is 11.4 Å². The van der Waals surface area contributed by atoms with Gasteiger partial charge < -0.3 is 15.0 Å². The summed E-state index contributed by atoms with van der Waals surface area (Å²) in [6.07, 6.45) is 1.05. The molecule has 0 saturated carbocycles. The third-order valence-corrected chi connectivity index (χ3v) is 4.69. The molecule has 3 aromatic rings. The number of nitrogens with zero attached hydrogens (tertiary/aromatic N) is 2. The Morgan fingerprint density at radius 1 is 1.14 bits per heavy atom. The van der Waals surface area contributed by atoms with Crippen LogP contribution in [-0.2, 0) is 9.53 Å². The molecule has 1 unspecified atom stereocenters. The van der Waals surface area contributed by atoms with E-state index in [-0.39, 0.29) is 0 Å². The van der Waals surface area contributed by atoms with Crippen molar-refractivity contribution in [2.24, 2.45) is 0 Å². The molecule has 0 aliphatic heterocycles. The molecule has 29 heavy (non-hydrogen) atoms. The second-order valence-electron chi connectivity index (χ2n) is 6.83. The average Bonchev–Trinajstić information content (AvgIpc) is 3.06. The largest absolute Gasteiger partial charge is 0.449 e. The number of benzene rings is 1. The van der Waals surface area contributed by atoms with Gasteiger partial charge in [-0.15, -0.1) is 0 Å². The fourth-order valence-electron chi connectivity index (χ4n) is 2.78. The van der Waals surface area contributed by atoms with Crippen LogP contribution in [0.1, 0.15) is 40.7 Å². The van der Waals surface area contributed by atoms with Gasteiger partial charge in [-0.2, -0.15) is 0 Å². The fourth-order valence-corrected chi connectivity index (χ4v) is 2.78. The number of rotatable bonds is 6. The predicted molar refractivity (Wildman–Crippen MR) is 111 cm³/mol. The number of aromatic nitrogens is 3. The van der Waals surface area contributed by atoms with Gasteiger partial charge in [-0.25, -0.2) is 14.8 Å². The molecule has 2 heterocycles. The minimum absolute atomic E-state index is 0.354. The number of amides is 1. The summed E-state index contributed by atoms with van der Waals surface area (Å²) in [4.78, 5) is 36.8. The van der Waals surface area contributed by atoms with E-state index in [4.69, 9.17) is 4.74 Å². The molecule has 1 aromatic carbocycles. The maximum Gasteiger partial charge on any atom is 0.338 e. The summed E-state index contributed by atoms with van der Waals surface area (Å²) < 4.78 is 5.43. The van der Waals surface area contributed by atoms with Crippen molar-refractivity contribution in [3.05, 3.63) is 65.1 Å². The van der Waals surface area contributed by atoms with E-state index in [0.717, 1.165) is 28.3 Å². The number of imidazole rings is 1. The number of carbonyl (C=O) groups is 2. The lowest BCUT2D eigenvalue weighted by molar-refractivity contribution is -0.124. The monoisotopic (exact) mass is 392 g/mol. The van der Waals surface area contributed by atoms with E-state index in [1.807, 2.05) is 26.8 Å². The summed E-state index contributed by atoms with van der Waals surface area (Å²) in [6, 6.07) is 10.6. The standard InChI is InChI=1S/C22H24N4O3/c1-5-18(21(27)26-19-13(2)7-6-12-23-19)29-22(28)17-10-8-16(9-11-17)20-24-14(3)15(4)25-20/h6-12,18H,5H2,1-4H3,(H,24,25)(H,23,26,27). The van der Waals surface area contributed by atoms with Crippen molar-refractivity contribution in [2.75, 3.05) is 5.32 Å². The quantitative estimate of drug-likeness (QED) is 0.619. The molecule has 150 valence electrons. The normalized spacial score (nSPS) is 11.7. The lowest BCUT2D eigenvalue weighted by Gasteiger charge is -2.16. The van der Waals surface area contributed by atoms with E-state index in [9.17, 15) is 9.59 Å². The zero-order valence-electron chi connectivity index (χ0n) is 16.9. The van der Waals surface area contributed by atoms with Crippen LogP contribution in [0.15, 0.2) is 42.6 Å². The number of H-pyrrole nitrogens is 1. The van der Waals surface area contributed by atoms with Crippen LogP contribution in [0.2, 0.25) is 0 Å². The maximum atomic E-state index is 12.5. The third kappa shape index (κ3) is 4.68. The lowest BCUT2D eigenvalue weighted by Crippen LogP contribution is -2.32. The molecule has 7 heteroatoms. The van der Waals surface area contributed by atoms with Crippen LogP contribution in [0.5, 0.6) is 0 Å². The van der Waals surface area contributed by atoms with E-state index >= 15 is 0 Å². The van der Waals surface area contributed by atoms with E-state index in [2.05, 4.69) is 20.3 Å². The first-order valence-corrected chi connectivity index (χ1v) is 9.46. The molecule has 0 bridgehead atoms. The number of ether oxygens (including phenoxy) is 1. The molecule has 0 saturated heterocycles. The Hall–Kier alpha value is -3.48. The van der Waals surface area contributed by atoms with Crippen LogP contribution in [0.4, 0.5) is 5.82 Å². The first-order valence-electron chi connectivity index (χ1n) is 9.46. The third-order valence-electron chi connectivity index (χ3n) is 4.69. The number of hydrogen-bond donors (Lipinski definition) is 2. The van der Waals surface area contributed by atoms with Crippen molar-refractivity contribution < 1.29 is 14.3 Å². The minimum Gasteiger partial charge on any atom is -0.449 e. The van der Waals surface area contributed by atoms with Crippen LogP contribution in [-0.4, -0.2) is 32.9 Å². The van der Waals surface area contributed by atoms with Crippen molar-refractivity contribution in [2.45, 2.75) is 40.2 Å². The summed E-state index contributed by atoms with van der Waals surface area (Å²) >= 11 is 0. The molecule has 0 fully saturated rings. The van der Waals surface area contributed by atoms with Crippen molar-refractivity contribution in [1.29, 1.82) is 0 Å². The molecule has 1 amide bonds. The highest BCUT2D eigenvalue weighted by molar-refractivity contribution is 5.97. The summed E-state index contributed by atoms with van der Waals surface area (Å²) in [7, 11) is 0.